The van der Waals surface area contributed by atoms with E-state index >= 15 is 0 Å². The van der Waals surface area contributed by atoms with Crippen molar-refractivity contribution >= 4 is 11.6 Å². The SMILES string of the molecule is C.C.C.C.C.CC.CC.CC.CN.CN.Cc1ccc(Cl)cc1-c1cc2n(c(=O)c1)[C@H](C)CC2. The maximum atomic E-state index is 12.2. The molecule has 0 fully saturated rings. The number of rotatable bonds is 1. The van der Waals surface area contributed by atoms with Gasteiger partial charge < -0.3 is 16.0 Å². The summed E-state index contributed by atoms with van der Waals surface area (Å²) in [5, 5.41) is 0.703. The van der Waals surface area contributed by atoms with Crippen LogP contribution in [0, 0.1) is 6.92 Å². The second-order valence-corrected chi connectivity index (χ2v) is 5.73. The number of hydrogen-bond acceptors (Lipinski definition) is 3. The highest BCUT2D eigenvalue weighted by molar-refractivity contribution is 6.30. The van der Waals surface area contributed by atoms with Crippen molar-refractivity contribution in [3.05, 3.63) is 57.0 Å². The summed E-state index contributed by atoms with van der Waals surface area (Å²) in [7, 11) is 3.00. The average molecular weight is 506 g/mol. The molecule has 0 saturated carbocycles. The van der Waals surface area contributed by atoms with Crippen LogP contribution in [0.3, 0.4) is 0 Å². The third-order valence-corrected chi connectivity index (χ3v) is 4.15. The second-order valence-electron chi connectivity index (χ2n) is 5.29. The molecule has 34 heavy (non-hydrogen) atoms. The van der Waals surface area contributed by atoms with E-state index in [0.717, 1.165) is 35.2 Å². The van der Waals surface area contributed by atoms with Crippen molar-refractivity contribution in [3.8, 4) is 11.1 Å². The third-order valence-electron chi connectivity index (χ3n) is 3.92. The molecule has 4 nitrogen and oxygen atoms in total. The van der Waals surface area contributed by atoms with E-state index in [2.05, 4.69) is 24.5 Å². The highest BCUT2D eigenvalue weighted by Crippen LogP contribution is 2.30. The van der Waals surface area contributed by atoms with Gasteiger partial charge in [0.2, 0.25) is 0 Å². The van der Waals surface area contributed by atoms with E-state index in [0.29, 0.717) is 11.1 Å². The molecule has 1 aromatic carbocycles. The lowest BCUT2D eigenvalue weighted by molar-refractivity contribution is 0.564. The Balaban J connectivity index is -0.0000000674. The van der Waals surface area contributed by atoms with E-state index in [1.165, 1.54) is 14.1 Å². The van der Waals surface area contributed by atoms with Gasteiger partial charge in [-0.15, -0.1) is 0 Å². The molecule has 0 unspecified atom stereocenters. The highest BCUT2D eigenvalue weighted by Gasteiger charge is 2.20. The highest BCUT2D eigenvalue weighted by atomic mass is 35.5. The minimum atomic E-state index is 0. The van der Waals surface area contributed by atoms with Crippen LogP contribution in [-0.4, -0.2) is 18.7 Å². The number of pyridine rings is 1. The van der Waals surface area contributed by atoms with Gasteiger partial charge in [0.05, 0.1) is 0 Å². The third kappa shape index (κ3) is 16.1. The lowest BCUT2D eigenvalue weighted by Gasteiger charge is -2.12. The van der Waals surface area contributed by atoms with Crippen LogP contribution in [0.2, 0.25) is 5.02 Å². The predicted molar refractivity (Wildman–Crippen MR) is 167 cm³/mol. The number of halogens is 1. The molecule has 1 aromatic heterocycles. The van der Waals surface area contributed by atoms with Crippen LogP contribution in [0.25, 0.3) is 11.1 Å². The van der Waals surface area contributed by atoms with Crippen molar-refractivity contribution in [3.63, 3.8) is 0 Å². The van der Waals surface area contributed by atoms with Crippen LogP contribution in [0.5, 0.6) is 0 Å². The smallest absolute Gasteiger partial charge is 0.251 e. The van der Waals surface area contributed by atoms with Gasteiger partial charge in [-0.2, -0.15) is 0 Å². The Hall–Kier alpha value is -1.62. The quantitative estimate of drug-likeness (QED) is 0.405. The van der Waals surface area contributed by atoms with E-state index in [1.54, 1.807) is 6.07 Å². The van der Waals surface area contributed by atoms with Crippen molar-refractivity contribution in [1.82, 2.24) is 4.57 Å². The first kappa shape index (κ1) is 53.6. The van der Waals surface area contributed by atoms with Crippen LogP contribution < -0.4 is 17.0 Å². The molecule has 1 aliphatic rings. The molecule has 1 aliphatic heterocycles. The van der Waals surface area contributed by atoms with Crippen LogP contribution in [0.4, 0.5) is 0 Å². The summed E-state index contributed by atoms with van der Waals surface area (Å²) >= 11 is 6.06. The number of benzene rings is 1. The molecular formula is C29H64ClN3O. The Kier molecular flexibility index (Phi) is 52.9. The van der Waals surface area contributed by atoms with Gasteiger partial charge in [-0.1, -0.05) is 96.3 Å². The van der Waals surface area contributed by atoms with E-state index in [1.807, 2.05) is 71.2 Å². The fraction of sp³-hybridized carbons (Fsp3) is 0.621. The van der Waals surface area contributed by atoms with E-state index < -0.39 is 0 Å². The van der Waals surface area contributed by atoms with Crippen LogP contribution in [0.15, 0.2) is 35.1 Å². The van der Waals surface area contributed by atoms with E-state index in [9.17, 15) is 4.79 Å². The van der Waals surface area contributed by atoms with Gasteiger partial charge in [-0.05, 0) is 75.7 Å². The first-order valence-corrected chi connectivity index (χ1v) is 11.1. The molecule has 3 rings (SSSR count). The first-order chi connectivity index (χ1) is 14.1. The largest absolute Gasteiger partial charge is 0.333 e. The molecule has 2 heterocycles. The van der Waals surface area contributed by atoms with Crippen molar-refractivity contribution in [1.29, 1.82) is 0 Å². The summed E-state index contributed by atoms with van der Waals surface area (Å²) in [6.07, 6.45) is 2.02. The van der Waals surface area contributed by atoms with Crippen molar-refractivity contribution in [2.45, 2.75) is 111 Å². The Morgan fingerprint density at radius 2 is 1.26 bits per heavy atom. The molecule has 208 valence electrons. The Labute approximate surface area is 221 Å². The normalized spacial score (nSPS) is 10.7. The molecule has 4 N–H and O–H groups in total. The fourth-order valence-electron chi connectivity index (χ4n) is 2.87. The molecule has 1 atom stereocenters. The first-order valence-electron chi connectivity index (χ1n) is 10.7. The molecule has 0 bridgehead atoms. The molecule has 2 aromatic rings. The standard InChI is InChI=1S/C16H16ClNO.3C2H6.2CH5N.5CH4/c1-10-3-5-13(17)9-15(10)12-7-14-6-4-11(2)18(14)16(19)8-12;5*1-2;;;;;/h3,5,7-9,11H,4,6H2,1-2H3;3*1-2H3;2*2H2,1H3;5*1H4/t11-;;;;;;;;;;/m1........../s1. The zero-order valence-corrected chi connectivity index (χ0v) is 21.0. The summed E-state index contributed by atoms with van der Waals surface area (Å²) in [4.78, 5) is 12.2. The van der Waals surface area contributed by atoms with Crippen molar-refractivity contribution < 1.29 is 0 Å². The van der Waals surface area contributed by atoms with Crippen molar-refractivity contribution in [2.24, 2.45) is 11.5 Å². The second kappa shape index (κ2) is 33.6. The molecule has 0 radical (unpaired) electrons. The van der Waals surface area contributed by atoms with Crippen LogP contribution in [-0.2, 0) is 6.42 Å². The minimum absolute atomic E-state index is 0. The monoisotopic (exact) mass is 505 g/mol. The van der Waals surface area contributed by atoms with E-state index in [4.69, 9.17) is 11.6 Å². The average Bonchev–Trinajstić information content (AvgIpc) is 3.18. The number of nitrogens with two attached hydrogens (primary N) is 2. The van der Waals surface area contributed by atoms with Gasteiger partial charge in [0.15, 0.2) is 0 Å². The topological polar surface area (TPSA) is 74.0 Å². The maximum Gasteiger partial charge on any atom is 0.251 e. The molecule has 5 heteroatoms. The lowest BCUT2D eigenvalue weighted by Crippen LogP contribution is -2.20. The zero-order chi connectivity index (χ0) is 23.6. The number of hydrogen-bond donors (Lipinski definition) is 2. The van der Waals surface area contributed by atoms with Crippen molar-refractivity contribution in [2.75, 3.05) is 14.1 Å². The number of nitrogens with zero attached hydrogens (tertiary/aromatic N) is 1. The zero-order valence-electron chi connectivity index (χ0n) is 20.3. The molecule has 0 aliphatic carbocycles. The lowest BCUT2D eigenvalue weighted by atomic mass is 10.0. The molecular weight excluding hydrogens is 442 g/mol. The van der Waals surface area contributed by atoms with Gasteiger partial charge in [0.1, 0.15) is 0 Å². The van der Waals surface area contributed by atoms with Gasteiger partial charge >= 0.3 is 0 Å². The molecule has 0 spiro atoms. The summed E-state index contributed by atoms with van der Waals surface area (Å²) in [6.45, 7) is 16.1. The summed E-state index contributed by atoms with van der Waals surface area (Å²) < 4.78 is 1.91. The Morgan fingerprint density at radius 3 is 1.71 bits per heavy atom. The van der Waals surface area contributed by atoms with Crippen LogP contribution >= 0.6 is 11.6 Å². The number of aromatic nitrogens is 1. The van der Waals surface area contributed by atoms with E-state index in [-0.39, 0.29) is 42.7 Å². The Bertz CT molecular complexity index is 713. The summed E-state index contributed by atoms with van der Waals surface area (Å²) in [5.41, 5.74) is 13.4. The molecule has 0 amide bonds. The number of fused-ring (bicyclic) bond motifs is 1. The van der Waals surface area contributed by atoms with Gasteiger partial charge in [0, 0.05) is 22.8 Å². The predicted octanol–water partition coefficient (Wildman–Crippen LogP) is 9.39. The summed E-state index contributed by atoms with van der Waals surface area (Å²) in [6, 6.07) is 9.97. The fourth-order valence-corrected chi connectivity index (χ4v) is 3.05. The maximum absolute atomic E-state index is 12.2. The minimum Gasteiger partial charge on any atom is -0.333 e. The Morgan fingerprint density at radius 1 is 0.824 bits per heavy atom. The summed E-state index contributed by atoms with van der Waals surface area (Å²) in [5.74, 6) is 0. The van der Waals surface area contributed by atoms with Gasteiger partial charge in [0.25, 0.3) is 5.56 Å². The van der Waals surface area contributed by atoms with Gasteiger partial charge in [-0.25, -0.2) is 0 Å². The van der Waals surface area contributed by atoms with Crippen LogP contribution in [0.1, 0.15) is 109 Å². The van der Waals surface area contributed by atoms with Gasteiger partial charge in [-0.3, -0.25) is 4.79 Å². The number of aryl methyl sites for hydroxylation is 2. The molecule has 0 saturated heterocycles.